The first kappa shape index (κ1) is 14.1. The van der Waals surface area contributed by atoms with Crippen molar-refractivity contribution < 1.29 is 37.0 Å². The highest BCUT2D eigenvalue weighted by atomic mass is 19.4. The van der Waals surface area contributed by atoms with Gasteiger partial charge >= 0.3 is 23.9 Å². The lowest BCUT2D eigenvalue weighted by Gasteiger charge is -2.29. The van der Waals surface area contributed by atoms with Gasteiger partial charge in [-0.3, -0.25) is 0 Å². The standard InChI is InChI=1S/C10H9F3O5/c1-5(2)9(18-8(15)10(11,12)13)6(16-3)4-7(14)17-9/h4H,1H2,2-3H3. The molecule has 5 nitrogen and oxygen atoms in total. The number of alkyl halides is 3. The van der Waals surface area contributed by atoms with Crippen LogP contribution in [-0.2, 0) is 23.8 Å². The molecule has 0 aromatic heterocycles. The number of esters is 2. The normalized spacial score (nSPS) is 23.2. The Morgan fingerprint density at radius 2 is 2.06 bits per heavy atom. The van der Waals surface area contributed by atoms with Gasteiger partial charge in [0.25, 0.3) is 0 Å². The van der Waals surface area contributed by atoms with E-state index in [1.165, 1.54) is 6.92 Å². The zero-order valence-corrected chi connectivity index (χ0v) is 9.46. The van der Waals surface area contributed by atoms with E-state index in [0.717, 1.165) is 13.2 Å². The highest BCUT2D eigenvalue weighted by Crippen LogP contribution is 2.37. The molecule has 8 heteroatoms. The summed E-state index contributed by atoms with van der Waals surface area (Å²) in [5.74, 6) is -6.25. The molecule has 0 bridgehead atoms. The molecule has 1 unspecified atom stereocenters. The van der Waals surface area contributed by atoms with E-state index in [1.807, 2.05) is 0 Å². The second-order valence-electron chi connectivity index (χ2n) is 3.42. The summed E-state index contributed by atoms with van der Waals surface area (Å²) in [6.07, 6.45) is -4.45. The molecule has 1 rings (SSSR count). The van der Waals surface area contributed by atoms with Crippen molar-refractivity contribution in [3.8, 4) is 0 Å². The maximum absolute atomic E-state index is 12.2. The van der Waals surface area contributed by atoms with Crippen LogP contribution >= 0.6 is 0 Å². The molecule has 0 spiro atoms. The molecule has 0 aliphatic carbocycles. The molecule has 0 aromatic carbocycles. The Morgan fingerprint density at radius 1 is 1.50 bits per heavy atom. The summed E-state index contributed by atoms with van der Waals surface area (Å²) < 4.78 is 49.9. The molecule has 100 valence electrons. The molecular formula is C10H9F3O5. The Balaban J connectivity index is 3.12. The van der Waals surface area contributed by atoms with Gasteiger partial charge < -0.3 is 14.2 Å². The number of rotatable bonds is 3. The number of cyclic esters (lactones) is 1. The first-order valence-corrected chi connectivity index (χ1v) is 4.58. The zero-order chi connectivity index (χ0) is 14.1. The summed E-state index contributed by atoms with van der Waals surface area (Å²) in [6.45, 7) is 4.57. The minimum absolute atomic E-state index is 0.140. The van der Waals surface area contributed by atoms with Crippen LogP contribution in [0.2, 0.25) is 0 Å². The van der Waals surface area contributed by atoms with Crippen molar-refractivity contribution in [1.29, 1.82) is 0 Å². The summed E-state index contributed by atoms with van der Waals surface area (Å²) in [6, 6.07) is 0. The van der Waals surface area contributed by atoms with Gasteiger partial charge in [-0.1, -0.05) is 6.58 Å². The van der Waals surface area contributed by atoms with Crippen LogP contribution in [0.15, 0.2) is 24.0 Å². The van der Waals surface area contributed by atoms with Crippen molar-refractivity contribution in [2.75, 3.05) is 7.11 Å². The maximum Gasteiger partial charge on any atom is 0.491 e. The SMILES string of the molecule is C=C(C)C1(OC(=O)C(F)(F)F)OC(=O)C=C1OC. The maximum atomic E-state index is 12.2. The first-order valence-electron chi connectivity index (χ1n) is 4.58. The fourth-order valence-electron chi connectivity index (χ4n) is 1.26. The van der Waals surface area contributed by atoms with Crippen LogP contribution in [0.4, 0.5) is 13.2 Å². The summed E-state index contributed by atoms with van der Waals surface area (Å²) in [7, 11) is 1.09. The monoisotopic (exact) mass is 266 g/mol. The van der Waals surface area contributed by atoms with Gasteiger partial charge in [-0.15, -0.1) is 0 Å². The van der Waals surface area contributed by atoms with Crippen LogP contribution in [-0.4, -0.2) is 31.0 Å². The summed E-state index contributed by atoms with van der Waals surface area (Å²) >= 11 is 0. The molecule has 0 aromatic rings. The lowest BCUT2D eigenvalue weighted by atomic mass is 10.1. The summed E-state index contributed by atoms with van der Waals surface area (Å²) in [5, 5.41) is 0. The fraction of sp³-hybridized carbons (Fsp3) is 0.400. The number of hydrogen-bond acceptors (Lipinski definition) is 5. The van der Waals surface area contributed by atoms with Crippen LogP contribution in [0.3, 0.4) is 0 Å². The molecule has 0 fully saturated rings. The van der Waals surface area contributed by atoms with Gasteiger partial charge in [0.2, 0.25) is 0 Å². The van der Waals surface area contributed by atoms with Crippen LogP contribution in [0.1, 0.15) is 6.92 Å². The molecule has 0 radical (unpaired) electrons. The van der Waals surface area contributed by atoms with Crippen molar-refractivity contribution in [3.63, 3.8) is 0 Å². The quantitative estimate of drug-likeness (QED) is 0.571. The van der Waals surface area contributed by atoms with E-state index >= 15 is 0 Å². The van der Waals surface area contributed by atoms with E-state index in [4.69, 9.17) is 0 Å². The number of halogens is 3. The molecule has 0 amide bonds. The van der Waals surface area contributed by atoms with Crippen LogP contribution < -0.4 is 0 Å². The third kappa shape index (κ3) is 2.31. The van der Waals surface area contributed by atoms with Crippen LogP contribution in [0, 0.1) is 0 Å². The first-order chi connectivity index (χ1) is 8.13. The third-order valence-electron chi connectivity index (χ3n) is 2.07. The molecule has 1 heterocycles. The number of carbonyl (C=O) groups excluding carboxylic acids is 2. The Bertz CT molecular complexity index is 437. The number of methoxy groups -OCH3 is 1. The Morgan fingerprint density at radius 3 is 2.44 bits per heavy atom. The third-order valence-corrected chi connectivity index (χ3v) is 2.07. The minimum atomic E-state index is -5.23. The topological polar surface area (TPSA) is 61.8 Å². The molecule has 1 atom stereocenters. The fourth-order valence-corrected chi connectivity index (χ4v) is 1.26. The second-order valence-corrected chi connectivity index (χ2v) is 3.42. The number of hydrogen-bond donors (Lipinski definition) is 0. The molecule has 0 saturated carbocycles. The molecule has 1 aliphatic heterocycles. The van der Waals surface area contributed by atoms with E-state index in [1.54, 1.807) is 0 Å². The van der Waals surface area contributed by atoms with Crippen molar-refractivity contribution >= 4 is 11.9 Å². The van der Waals surface area contributed by atoms with E-state index < -0.39 is 23.9 Å². The average Bonchev–Trinajstić information content (AvgIpc) is 2.54. The lowest BCUT2D eigenvalue weighted by Crippen LogP contribution is -2.43. The summed E-state index contributed by atoms with van der Waals surface area (Å²) in [5.41, 5.74) is -0.140. The number of carbonyl (C=O) groups is 2. The lowest BCUT2D eigenvalue weighted by molar-refractivity contribution is -0.238. The van der Waals surface area contributed by atoms with Gasteiger partial charge in [-0.2, -0.15) is 13.2 Å². The van der Waals surface area contributed by atoms with Crippen molar-refractivity contribution in [3.05, 3.63) is 24.0 Å². The largest absolute Gasteiger partial charge is 0.493 e. The van der Waals surface area contributed by atoms with Gasteiger partial charge in [0.15, 0.2) is 5.76 Å². The highest BCUT2D eigenvalue weighted by molar-refractivity contribution is 5.87. The van der Waals surface area contributed by atoms with Crippen molar-refractivity contribution in [2.24, 2.45) is 0 Å². The Labute approximate surface area is 99.8 Å². The predicted octanol–water partition coefficient (Wildman–Crippen LogP) is 1.45. The van der Waals surface area contributed by atoms with E-state index in [-0.39, 0.29) is 11.3 Å². The van der Waals surface area contributed by atoms with Crippen LogP contribution in [0.5, 0.6) is 0 Å². The van der Waals surface area contributed by atoms with E-state index in [2.05, 4.69) is 20.8 Å². The molecule has 18 heavy (non-hydrogen) atoms. The average molecular weight is 266 g/mol. The number of ether oxygens (including phenoxy) is 3. The van der Waals surface area contributed by atoms with Gasteiger partial charge in [0.05, 0.1) is 13.2 Å². The molecule has 1 aliphatic rings. The predicted molar refractivity (Wildman–Crippen MR) is 50.9 cm³/mol. The Hall–Kier alpha value is -1.99. The van der Waals surface area contributed by atoms with Gasteiger partial charge in [-0.05, 0) is 6.92 Å². The van der Waals surface area contributed by atoms with Crippen molar-refractivity contribution in [2.45, 2.75) is 18.9 Å². The molecular weight excluding hydrogens is 257 g/mol. The van der Waals surface area contributed by atoms with E-state index in [9.17, 15) is 22.8 Å². The van der Waals surface area contributed by atoms with Crippen molar-refractivity contribution in [1.82, 2.24) is 0 Å². The molecule has 0 N–H and O–H groups in total. The summed E-state index contributed by atoms with van der Waals surface area (Å²) in [4.78, 5) is 21.9. The zero-order valence-electron chi connectivity index (χ0n) is 9.46. The Kier molecular flexibility index (Phi) is 3.40. The van der Waals surface area contributed by atoms with Gasteiger partial charge in [0, 0.05) is 5.57 Å². The second kappa shape index (κ2) is 4.35. The smallest absolute Gasteiger partial charge is 0.491 e. The minimum Gasteiger partial charge on any atom is -0.493 e. The van der Waals surface area contributed by atoms with E-state index in [0.29, 0.717) is 0 Å². The molecule has 0 saturated heterocycles. The van der Waals surface area contributed by atoms with Gasteiger partial charge in [0.1, 0.15) is 0 Å². The van der Waals surface area contributed by atoms with Gasteiger partial charge in [-0.25, -0.2) is 9.59 Å². The highest BCUT2D eigenvalue weighted by Gasteiger charge is 2.54. The van der Waals surface area contributed by atoms with Crippen LogP contribution in [0.25, 0.3) is 0 Å².